The van der Waals surface area contributed by atoms with Gasteiger partial charge in [-0.25, -0.2) is 9.78 Å². The first-order chi connectivity index (χ1) is 13.6. The van der Waals surface area contributed by atoms with E-state index in [1.165, 1.54) is 7.11 Å². The number of esters is 1. The van der Waals surface area contributed by atoms with E-state index in [2.05, 4.69) is 41.4 Å². The maximum atomic E-state index is 11.9. The van der Waals surface area contributed by atoms with E-state index in [0.29, 0.717) is 21.7 Å². The van der Waals surface area contributed by atoms with Gasteiger partial charge >= 0.3 is 5.97 Å². The number of anilines is 2. The summed E-state index contributed by atoms with van der Waals surface area (Å²) in [6.45, 7) is 0. The van der Waals surface area contributed by atoms with Crippen molar-refractivity contribution in [2.45, 2.75) is 0 Å². The molecule has 2 N–H and O–H groups in total. The van der Waals surface area contributed by atoms with Gasteiger partial charge in [0.25, 0.3) is 0 Å². The molecule has 0 amide bonds. The number of nitrogens with zero attached hydrogens (tertiary/aromatic N) is 3. The van der Waals surface area contributed by atoms with E-state index < -0.39 is 5.97 Å². The highest BCUT2D eigenvalue weighted by Crippen LogP contribution is 2.31. The molecule has 0 saturated heterocycles. The van der Waals surface area contributed by atoms with E-state index in [1.54, 1.807) is 36.7 Å². The second-order valence-electron chi connectivity index (χ2n) is 5.73. The van der Waals surface area contributed by atoms with Crippen LogP contribution in [0.25, 0.3) is 10.9 Å². The van der Waals surface area contributed by atoms with Crippen LogP contribution in [0.5, 0.6) is 11.6 Å². The number of para-hydroxylation sites is 1. The fraction of sp³-hybridized carbons (Fsp3) is 0.0526. The second-order valence-corrected chi connectivity index (χ2v) is 6.59. The van der Waals surface area contributed by atoms with Crippen molar-refractivity contribution in [1.82, 2.24) is 20.2 Å². The normalized spacial score (nSPS) is 10.6. The standard InChI is InChI=1S/C19H14BrN5O3/c1-27-18(26)13-4-2-3-5-16(13)28-17-14(20)10-21-19(24-17)23-12-6-7-15-11(8-12)9-22-25-15/h2-10H,1H3,(H,22,25)(H,21,23,24). The van der Waals surface area contributed by atoms with Gasteiger partial charge in [-0.15, -0.1) is 0 Å². The highest BCUT2D eigenvalue weighted by Gasteiger charge is 2.15. The maximum Gasteiger partial charge on any atom is 0.341 e. The van der Waals surface area contributed by atoms with Crippen LogP contribution in [-0.2, 0) is 4.74 Å². The molecule has 0 spiro atoms. The van der Waals surface area contributed by atoms with Crippen LogP contribution in [-0.4, -0.2) is 33.2 Å². The number of fused-ring (bicyclic) bond motifs is 1. The Bertz CT molecular complexity index is 1160. The first kappa shape index (κ1) is 17.9. The lowest BCUT2D eigenvalue weighted by Crippen LogP contribution is -2.05. The van der Waals surface area contributed by atoms with E-state index in [-0.39, 0.29) is 5.88 Å². The zero-order valence-corrected chi connectivity index (χ0v) is 16.2. The molecule has 0 fully saturated rings. The Morgan fingerprint density at radius 3 is 2.89 bits per heavy atom. The molecule has 0 radical (unpaired) electrons. The number of halogens is 1. The van der Waals surface area contributed by atoms with Crippen LogP contribution in [0, 0.1) is 0 Å². The third-order valence-corrected chi connectivity index (χ3v) is 4.45. The topological polar surface area (TPSA) is 102 Å². The van der Waals surface area contributed by atoms with Gasteiger partial charge in [-0.05, 0) is 46.3 Å². The number of methoxy groups -OCH3 is 1. The summed E-state index contributed by atoms with van der Waals surface area (Å²) in [6.07, 6.45) is 3.31. The number of nitrogens with one attached hydrogen (secondary N) is 2. The summed E-state index contributed by atoms with van der Waals surface area (Å²) in [4.78, 5) is 20.6. The van der Waals surface area contributed by atoms with Crippen LogP contribution >= 0.6 is 15.9 Å². The molecule has 28 heavy (non-hydrogen) atoms. The van der Waals surface area contributed by atoms with Gasteiger partial charge < -0.3 is 14.8 Å². The van der Waals surface area contributed by atoms with Crippen LogP contribution in [0.1, 0.15) is 10.4 Å². The largest absolute Gasteiger partial charge is 0.465 e. The number of ether oxygens (including phenoxy) is 2. The molecule has 4 rings (SSSR count). The van der Waals surface area contributed by atoms with Crippen LogP contribution in [0.2, 0.25) is 0 Å². The van der Waals surface area contributed by atoms with Gasteiger partial charge in [0.15, 0.2) is 0 Å². The van der Waals surface area contributed by atoms with Gasteiger partial charge in [0.2, 0.25) is 11.8 Å². The van der Waals surface area contributed by atoms with E-state index in [1.807, 2.05) is 18.2 Å². The van der Waals surface area contributed by atoms with Crippen molar-refractivity contribution in [1.29, 1.82) is 0 Å². The van der Waals surface area contributed by atoms with Crippen molar-refractivity contribution in [3.05, 3.63) is 64.9 Å². The fourth-order valence-corrected chi connectivity index (χ4v) is 2.84. The third-order valence-electron chi connectivity index (χ3n) is 3.91. The van der Waals surface area contributed by atoms with Crippen molar-refractivity contribution in [2.75, 3.05) is 12.4 Å². The molecule has 0 bridgehead atoms. The molecule has 0 saturated carbocycles. The first-order valence-corrected chi connectivity index (χ1v) is 9.01. The summed E-state index contributed by atoms with van der Waals surface area (Å²) in [6, 6.07) is 12.5. The number of rotatable bonds is 5. The lowest BCUT2D eigenvalue weighted by atomic mass is 10.2. The predicted octanol–water partition coefficient (Wildman–Crippen LogP) is 4.44. The van der Waals surface area contributed by atoms with Gasteiger partial charge in [0.1, 0.15) is 11.3 Å². The lowest BCUT2D eigenvalue weighted by molar-refractivity contribution is 0.0598. The fourth-order valence-electron chi connectivity index (χ4n) is 2.57. The third kappa shape index (κ3) is 3.65. The number of aromatic nitrogens is 4. The molecule has 9 heteroatoms. The van der Waals surface area contributed by atoms with Crippen LogP contribution in [0.15, 0.2) is 59.3 Å². The molecule has 0 atom stereocenters. The van der Waals surface area contributed by atoms with E-state index in [4.69, 9.17) is 9.47 Å². The minimum absolute atomic E-state index is 0.262. The highest BCUT2D eigenvalue weighted by atomic mass is 79.9. The lowest BCUT2D eigenvalue weighted by Gasteiger charge is -2.11. The number of hydrogen-bond donors (Lipinski definition) is 2. The monoisotopic (exact) mass is 439 g/mol. The smallest absolute Gasteiger partial charge is 0.341 e. The summed E-state index contributed by atoms with van der Waals surface area (Å²) < 4.78 is 11.2. The molecular formula is C19H14BrN5O3. The molecule has 0 aliphatic carbocycles. The van der Waals surface area contributed by atoms with Crippen LogP contribution in [0.3, 0.4) is 0 Å². The minimum atomic E-state index is -0.493. The van der Waals surface area contributed by atoms with Crippen molar-refractivity contribution in [2.24, 2.45) is 0 Å². The molecule has 8 nitrogen and oxygen atoms in total. The van der Waals surface area contributed by atoms with E-state index >= 15 is 0 Å². The highest BCUT2D eigenvalue weighted by molar-refractivity contribution is 9.10. The molecule has 0 aliphatic rings. The summed E-state index contributed by atoms with van der Waals surface area (Å²) in [5.41, 5.74) is 2.04. The number of carbonyl (C=O) groups excluding carboxylic acids is 1. The Morgan fingerprint density at radius 1 is 1.18 bits per heavy atom. The van der Waals surface area contributed by atoms with Crippen molar-refractivity contribution in [3.63, 3.8) is 0 Å². The minimum Gasteiger partial charge on any atom is -0.465 e. The number of H-pyrrole nitrogens is 1. The molecule has 0 aliphatic heterocycles. The van der Waals surface area contributed by atoms with Crippen molar-refractivity contribution < 1.29 is 14.3 Å². The summed E-state index contributed by atoms with van der Waals surface area (Å²) >= 11 is 3.37. The average Bonchev–Trinajstić information content (AvgIpc) is 3.18. The molecule has 2 aromatic heterocycles. The Morgan fingerprint density at radius 2 is 2.04 bits per heavy atom. The zero-order chi connectivity index (χ0) is 19.5. The molecular weight excluding hydrogens is 426 g/mol. The Labute approximate surface area is 168 Å². The molecule has 2 aromatic carbocycles. The molecule has 140 valence electrons. The van der Waals surface area contributed by atoms with Gasteiger partial charge in [0, 0.05) is 11.1 Å². The number of hydrogen-bond acceptors (Lipinski definition) is 7. The Balaban J connectivity index is 1.62. The van der Waals surface area contributed by atoms with Crippen molar-refractivity contribution in [3.8, 4) is 11.6 Å². The van der Waals surface area contributed by atoms with Gasteiger partial charge in [-0.1, -0.05) is 12.1 Å². The van der Waals surface area contributed by atoms with Gasteiger partial charge in [0.05, 0.1) is 29.5 Å². The zero-order valence-electron chi connectivity index (χ0n) is 14.6. The summed E-state index contributed by atoms with van der Waals surface area (Å²) in [7, 11) is 1.32. The van der Waals surface area contributed by atoms with Crippen molar-refractivity contribution >= 4 is 44.4 Å². The molecule has 0 unspecified atom stereocenters. The molecule has 4 aromatic rings. The Hall–Kier alpha value is -3.46. The first-order valence-electron chi connectivity index (χ1n) is 8.22. The Kier molecular flexibility index (Phi) is 4.90. The van der Waals surface area contributed by atoms with Gasteiger partial charge in [-0.3, -0.25) is 5.10 Å². The van der Waals surface area contributed by atoms with E-state index in [0.717, 1.165) is 16.6 Å². The number of benzene rings is 2. The quantitative estimate of drug-likeness (QED) is 0.443. The average molecular weight is 440 g/mol. The maximum absolute atomic E-state index is 11.9. The molecule has 2 heterocycles. The second kappa shape index (κ2) is 7.65. The van der Waals surface area contributed by atoms with Crippen LogP contribution in [0.4, 0.5) is 11.6 Å². The number of aromatic amines is 1. The van der Waals surface area contributed by atoms with E-state index in [9.17, 15) is 4.79 Å². The summed E-state index contributed by atoms with van der Waals surface area (Å²) in [5, 5.41) is 11.0. The summed E-state index contributed by atoms with van der Waals surface area (Å²) in [5.74, 6) is 0.446. The SMILES string of the molecule is COC(=O)c1ccccc1Oc1nc(Nc2ccc3[nH]ncc3c2)ncc1Br. The number of carbonyl (C=O) groups is 1. The predicted molar refractivity (Wildman–Crippen MR) is 107 cm³/mol. The van der Waals surface area contributed by atoms with Crippen LogP contribution < -0.4 is 10.1 Å². The van der Waals surface area contributed by atoms with Gasteiger partial charge in [-0.2, -0.15) is 10.1 Å².